The minimum absolute atomic E-state index is 0.0500. The molecule has 0 bridgehead atoms. The Morgan fingerprint density at radius 3 is 2.07 bits per heavy atom. The van der Waals surface area contributed by atoms with Crippen LogP contribution in [-0.2, 0) is 9.53 Å². The SMILES string of the molecule is CC(O)CC([O])O[Si](C)(C)C(C)(C)C. The summed E-state index contributed by atoms with van der Waals surface area (Å²) < 4.78 is 5.54. The smallest absolute Gasteiger partial charge is 0.195 e. The van der Waals surface area contributed by atoms with E-state index in [0.717, 1.165) is 0 Å². The summed E-state index contributed by atoms with van der Waals surface area (Å²) in [4.78, 5) is 0. The number of rotatable bonds is 4. The summed E-state index contributed by atoms with van der Waals surface area (Å²) in [7, 11) is -1.96. The lowest BCUT2D eigenvalue weighted by molar-refractivity contribution is -0.101. The molecule has 0 aliphatic heterocycles. The van der Waals surface area contributed by atoms with Crippen molar-refractivity contribution in [3.8, 4) is 0 Å². The second kappa shape index (κ2) is 4.75. The lowest BCUT2D eigenvalue weighted by Gasteiger charge is -2.37. The van der Waals surface area contributed by atoms with Gasteiger partial charge in [0.15, 0.2) is 14.6 Å². The molecule has 1 N–H and O–H groups in total. The van der Waals surface area contributed by atoms with Gasteiger partial charge in [0.25, 0.3) is 0 Å². The molecular formula is C10H23O3Si. The zero-order valence-corrected chi connectivity index (χ0v) is 11.1. The molecule has 4 heteroatoms. The fourth-order valence-electron chi connectivity index (χ4n) is 0.832. The first-order valence-corrected chi connectivity index (χ1v) is 7.99. The van der Waals surface area contributed by atoms with Crippen molar-refractivity contribution in [2.75, 3.05) is 0 Å². The van der Waals surface area contributed by atoms with Gasteiger partial charge in [0, 0.05) is 6.42 Å². The van der Waals surface area contributed by atoms with Crippen molar-refractivity contribution in [1.29, 1.82) is 0 Å². The average molecular weight is 219 g/mol. The average Bonchev–Trinajstić information content (AvgIpc) is 1.79. The molecule has 0 spiro atoms. The predicted octanol–water partition coefficient (Wildman–Crippen LogP) is 2.54. The summed E-state index contributed by atoms with van der Waals surface area (Å²) in [5, 5.41) is 20.6. The van der Waals surface area contributed by atoms with Gasteiger partial charge >= 0.3 is 0 Å². The van der Waals surface area contributed by atoms with E-state index < -0.39 is 20.7 Å². The molecule has 0 saturated heterocycles. The van der Waals surface area contributed by atoms with Crippen LogP contribution in [-0.4, -0.2) is 25.8 Å². The van der Waals surface area contributed by atoms with Crippen molar-refractivity contribution in [2.45, 2.75) is 64.6 Å². The number of aliphatic hydroxyl groups excluding tert-OH is 1. The molecule has 0 aromatic heterocycles. The first kappa shape index (κ1) is 14.1. The summed E-state index contributed by atoms with van der Waals surface area (Å²) >= 11 is 0. The van der Waals surface area contributed by atoms with Gasteiger partial charge in [-0.3, -0.25) is 0 Å². The van der Waals surface area contributed by atoms with E-state index in [-0.39, 0.29) is 11.5 Å². The minimum Gasteiger partial charge on any atom is -0.393 e. The first-order chi connectivity index (χ1) is 6.06. The van der Waals surface area contributed by atoms with Crippen LogP contribution in [0, 0.1) is 0 Å². The van der Waals surface area contributed by atoms with Crippen molar-refractivity contribution in [2.24, 2.45) is 0 Å². The minimum atomic E-state index is -1.96. The van der Waals surface area contributed by atoms with Gasteiger partial charge in [0.1, 0.15) is 0 Å². The van der Waals surface area contributed by atoms with Crippen LogP contribution in [0.4, 0.5) is 0 Å². The number of hydrogen-bond acceptors (Lipinski definition) is 2. The Kier molecular flexibility index (Phi) is 4.78. The van der Waals surface area contributed by atoms with Gasteiger partial charge in [-0.15, -0.1) is 0 Å². The highest BCUT2D eigenvalue weighted by molar-refractivity contribution is 6.74. The van der Waals surface area contributed by atoms with Crippen LogP contribution < -0.4 is 0 Å². The summed E-state index contributed by atoms with van der Waals surface area (Å²) in [6.45, 7) is 12.0. The third-order valence-electron chi connectivity index (χ3n) is 2.77. The summed E-state index contributed by atoms with van der Waals surface area (Å²) in [5.41, 5.74) is 0. The van der Waals surface area contributed by atoms with Gasteiger partial charge in [0.05, 0.1) is 6.10 Å². The van der Waals surface area contributed by atoms with Crippen LogP contribution >= 0.6 is 0 Å². The molecule has 0 aliphatic rings. The number of aliphatic hydroxyl groups is 1. The normalized spacial score (nSPS) is 18.0. The quantitative estimate of drug-likeness (QED) is 0.583. The summed E-state index contributed by atoms with van der Waals surface area (Å²) in [6.07, 6.45) is -1.50. The molecule has 2 unspecified atom stereocenters. The monoisotopic (exact) mass is 219 g/mol. The van der Waals surface area contributed by atoms with E-state index in [1.165, 1.54) is 0 Å². The Bertz CT molecular complexity index is 173. The van der Waals surface area contributed by atoms with E-state index in [1.54, 1.807) is 6.92 Å². The zero-order chi connectivity index (χ0) is 11.6. The highest BCUT2D eigenvalue weighted by Gasteiger charge is 2.39. The maximum absolute atomic E-state index is 11.5. The van der Waals surface area contributed by atoms with Gasteiger partial charge in [-0.1, -0.05) is 20.8 Å². The Morgan fingerprint density at radius 2 is 1.79 bits per heavy atom. The fourth-order valence-corrected chi connectivity index (χ4v) is 1.94. The van der Waals surface area contributed by atoms with Crippen LogP contribution in [0.25, 0.3) is 0 Å². The van der Waals surface area contributed by atoms with E-state index >= 15 is 0 Å². The van der Waals surface area contributed by atoms with E-state index in [4.69, 9.17) is 9.53 Å². The largest absolute Gasteiger partial charge is 0.393 e. The standard InChI is InChI=1S/C10H23O3Si/c1-8(11)7-9(12)13-14(5,6)10(2,3)4/h8-9,11H,7H2,1-6H3. The summed E-state index contributed by atoms with van der Waals surface area (Å²) in [5.74, 6) is 0. The van der Waals surface area contributed by atoms with Gasteiger partial charge in [0.2, 0.25) is 0 Å². The topological polar surface area (TPSA) is 49.4 Å². The van der Waals surface area contributed by atoms with Crippen molar-refractivity contribution in [1.82, 2.24) is 0 Å². The molecule has 0 aliphatic carbocycles. The maximum Gasteiger partial charge on any atom is 0.195 e. The van der Waals surface area contributed by atoms with Crippen molar-refractivity contribution in [3.63, 3.8) is 0 Å². The molecule has 2 atom stereocenters. The second-order valence-corrected chi connectivity index (χ2v) is 10.1. The zero-order valence-electron chi connectivity index (χ0n) is 10.1. The van der Waals surface area contributed by atoms with E-state index in [0.29, 0.717) is 0 Å². The Labute approximate surface area is 88.2 Å². The molecular weight excluding hydrogens is 196 g/mol. The summed E-state index contributed by atoms with van der Waals surface area (Å²) in [6, 6.07) is 0. The van der Waals surface area contributed by atoms with E-state index in [2.05, 4.69) is 20.8 Å². The molecule has 3 nitrogen and oxygen atoms in total. The first-order valence-electron chi connectivity index (χ1n) is 5.08. The van der Waals surface area contributed by atoms with Crippen molar-refractivity contribution >= 4 is 8.32 Å². The highest BCUT2D eigenvalue weighted by atomic mass is 28.4. The second-order valence-electron chi connectivity index (χ2n) is 5.39. The Morgan fingerprint density at radius 1 is 1.36 bits per heavy atom. The van der Waals surface area contributed by atoms with Gasteiger partial charge in [-0.05, 0) is 25.1 Å². The van der Waals surface area contributed by atoms with Gasteiger partial charge in [-0.25, -0.2) is 5.11 Å². The van der Waals surface area contributed by atoms with Crippen LogP contribution in [0.2, 0.25) is 18.1 Å². The van der Waals surface area contributed by atoms with E-state index in [9.17, 15) is 5.11 Å². The van der Waals surface area contributed by atoms with Crippen LogP contribution in [0.1, 0.15) is 34.1 Å². The van der Waals surface area contributed by atoms with Gasteiger partial charge in [-0.2, -0.15) is 0 Å². The fraction of sp³-hybridized carbons (Fsp3) is 1.00. The molecule has 0 fully saturated rings. The molecule has 0 heterocycles. The predicted molar refractivity (Wildman–Crippen MR) is 59.1 cm³/mol. The molecule has 85 valence electrons. The lowest BCUT2D eigenvalue weighted by atomic mass is 10.2. The molecule has 1 radical (unpaired) electrons. The van der Waals surface area contributed by atoms with Crippen LogP contribution in [0.5, 0.6) is 0 Å². The Balaban J connectivity index is 4.22. The molecule has 14 heavy (non-hydrogen) atoms. The third kappa shape index (κ3) is 4.55. The molecule has 0 rings (SSSR count). The van der Waals surface area contributed by atoms with Gasteiger partial charge < -0.3 is 9.53 Å². The number of hydrogen-bond donors (Lipinski definition) is 1. The Hall–Kier alpha value is 0.0969. The molecule has 0 aromatic rings. The lowest BCUT2D eigenvalue weighted by Crippen LogP contribution is -2.44. The van der Waals surface area contributed by atoms with Crippen LogP contribution in [0.3, 0.4) is 0 Å². The van der Waals surface area contributed by atoms with Crippen molar-refractivity contribution < 1.29 is 14.6 Å². The molecule has 0 aromatic carbocycles. The van der Waals surface area contributed by atoms with Crippen molar-refractivity contribution in [3.05, 3.63) is 0 Å². The maximum atomic E-state index is 11.5. The molecule has 0 amide bonds. The molecule has 0 saturated carbocycles. The third-order valence-corrected chi connectivity index (χ3v) is 7.23. The van der Waals surface area contributed by atoms with Crippen LogP contribution in [0.15, 0.2) is 0 Å². The van der Waals surface area contributed by atoms with E-state index in [1.807, 2.05) is 13.1 Å². The highest BCUT2D eigenvalue weighted by Crippen LogP contribution is 2.37.